The third-order valence-corrected chi connectivity index (χ3v) is 4.86. The first-order chi connectivity index (χ1) is 11.8. The molecule has 0 unspecified atom stereocenters. The van der Waals surface area contributed by atoms with Gasteiger partial charge in [0.1, 0.15) is 0 Å². The molecule has 0 atom stereocenters. The fourth-order valence-corrected chi connectivity index (χ4v) is 3.71. The summed E-state index contributed by atoms with van der Waals surface area (Å²) in [7, 11) is 0. The Labute approximate surface area is 144 Å². The summed E-state index contributed by atoms with van der Waals surface area (Å²) >= 11 is 6.24. The summed E-state index contributed by atoms with van der Waals surface area (Å²) in [6, 6.07) is 29.7. The minimum absolute atomic E-state index is 0.768. The van der Waals surface area contributed by atoms with Crippen molar-refractivity contribution in [3.8, 4) is 5.69 Å². The summed E-state index contributed by atoms with van der Waals surface area (Å²) in [5.74, 6) is 0. The number of fused-ring (bicyclic) bond motifs is 4. The van der Waals surface area contributed by atoms with Crippen LogP contribution in [-0.4, -0.2) is 4.57 Å². The number of hydrogen-bond donors (Lipinski definition) is 0. The molecule has 5 aromatic rings. The van der Waals surface area contributed by atoms with Crippen molar-refractivity contribution in [1.29, 1.82) is 0 Å². The predicted molar refractivity (Wildman–Crippen MR) is 103 cm³/mol. The van der Waals surface area contributed by atoms with E-state index in [4.69, 9.17) is 11.6 Å². The molecular formula is C22H14ClN. The van der Waals surface area contributed by atoms with E-state index in [0.29, 0.717) is 0 Å². The van der Waals surface area contributed by atoms with Crippen LogP contribution in [0.2, 0.25) is 5.02 Å². The van der Waals surface area contributed by atoms with Crippen LogP contribution < -0.4 is 0 Å². The van der Waals surface area contributed by atoms with Gasteiger partial charge in [-0.15, -0.1) is 0 Å². The summed E-state index contributed by atoms with van der Waals surface area (Å²) in [4.78, 5) is 0. The minimum Gasteiger partial charge on any atom is -0.309 e. The fourth-order valence-electron chi connectivity index (χ4n) is 3.54. The van der Waals surface area contributed by atoms with Crippen LogP contribution >= 0.6 is 11.6 Å². The lowest BCUT2D eigenvalue weighted by molar-refractivity contribution is 1.19. The molecule has 0 aliphatic heterocycles. The van der Waals surface area contributed by atoms with Crippen molar-refractivity contribution in [2.45, 2.75) is 0 Å². The van der Waals surface area contributed by atoms with Crippen LogP contribution in [0.15, 0.2) is 84.9 Å². The molecule has 0 aliphatic carbocycles. The van der Waals surface area contributed by atoms with E-state index in [0.717, 1.165) is 5.02 Å². The number of aromatic nitrogens is 1. The van der Waals surface area contributed by atoms with Crippen LogP contribution in [0, 0.1) is 0 Å². The Morgan fingerprint density at radius 2 is 1.33 bits per heavy atom. The molecule has 24 heavy (non-hydrogen) atoms. The van der Waals surface area contributed by atoms with Gasteiger partial charge in [0.2, 0.25) is 0 Å². The first kappa shape index (κ1) is 13.6. The molecule has 0 amide bonds. The SMILES string of the molecule is Clc1ccc2c(c1)c1ccccc1n2-c1ccc2ccccc2c1. The maximum atomic E-state index is 6.24. The monoisotopic (exact) mass is 327 g/mol. The van der Waals surface area contributed by atoms with E-state index in [2.05, 4.69) is 83.4 Å². The summed E-state index contributed by atoms with van der Waals surface area (Å²) in [5, 5.41) is 5.68. The fraction of sp³-hybridized carbons (Fsp3) is 0. The second-order valence-corrected chi connectivity index (χ2v) is 6.48. The highest BCUT2D eigenvalue weighted by Gasteiger charge is 2.12. The van der Waals surface area contributed by atoms with Gasteiger partial charge in [-0.05, 0) is 47.2 Å². The largest absolute Gasteiger partial charge is 0.309 e. The zero-order chi connectivity index (χ0) is 16.1. The molecule has 4 aromatic carbocycles. The van der Waals surface area contributed by atoms with Gasteiger partial charge >= 0.3 is 0 Å². The Bertz CT molecular complexity index is 1220. The Balaban J connectivity index is 1.92. The van der Waals surface area contributed by atoms with E-state index in [9.17, 15) is 0 Å². The highest BCUT2D eigenvalue weighted by molar-refractivity contribution is 6.32. The van der Waals surface area contributed by atoms with Gasteiger partial charge in [0.05, 0.1) is 11.0 Å². The van der Waals surface area contributed by atoms with E-state index < -0.39 is 0 Å². The third-order valence-electron chi connectivity index (χ3n) is 4.63. The maximum Gasteiger partial charge on any atom is 0.0542 e. The number of benzene rings is 4. The maximum absolute atomic E-state index is 6.24. The summed E-state index contributed by atoms with van der Waals surface area (Å²) in [5.41, 5.74) is 3.54. The van der Waals surface area contributed by atoms with E-state index in [1.807, 2.05) is 6.07 Å². The number of nitrogens with zero attached hydrogens (tertiary/aromatic N) is 1. The van der Waals surface area contributed by atoms with Crippen molar-refractivity contribution in [1.82, 2.24) is 4.57 Å². The molecule has 1 nitrogen and oxygen atoms in total. The van der Waals surface area contributed by atoms with E-state index >= 15 is 0 Å². The summed E-state index contributed by atoms with van der Waals surface area (Å²) < 4.78 is 2.31. The quantitative estimate of drug-likeness (QED) is 0.327. The highest BCUT2D eigenvalue weighted by Crippen LogP contribution is 2.34. The van der Waals surface area contributed by atoms with E-state index in [1.165, 1.54) is 38.3 Å². The van der Waals surface area contributed by atoms with Gasteiger partial charge in [-0.2, -0.15) is 0 Å². The number of para-hydroxylation sites is 1. The first-order valence-electron chi connectivity index (χ1n) is 7.99. The second-order valence-electron chi connectivity index (χ2n) is 6.05. The van der Waals surface area contributed by atoms with E-state index in [1.54, 1.807) is 0 Å². The van der Waals surface area contributed by atoms with Crippen LogP contribution in [0.5, 0.6) is 0 Å². The van der Waals surface area contributed by atoms with Crippen LogP contribution in [0.3, 0.4) is 0 Å². The molecule has 1 aromatic heterocycles. The van der Waals surface area contributed by atoms with Crippen LogP contribution in [-0.2, 0) is 0 Å². The molecule has 0 N–H and O–H groups in total. The molecule has 0 saturated heterocycles. The van der Waals surface area contributed by atoms with Crippen molar-refractivity contribution in [2.24, 2.45) is 0 Å². The van der Waals surface area contributed by atoms with Crippen LogP contribution in [0.25, 0.3) is 38.3 Å². The topological polar surface area (TPSA) is 4.93 Å². The van der Waals surface area contributed by atoms with Crippen molar-refractivity contribution in [2.75, 3.05) is 0 Å². The molecule has 0 aliphatic rings. The van der Waals surface area contributed by atoms with Crippen molar-refractivity contribution < 1.29 is 0 Å². The van der Waals surface area contributed by atoms with Gasteiger partial charge in [-0.25, -0.2) is 0 Å². The lowest BCUT2D eigenvalue weighted by atomic mass is 10.1. The molecule has 2 heteroatoms. The predicted octanol–water partition coefficient (Wildman–Crippen LogP) is 6.59. The third kappa shape index (κ3) is 1.95. The zero-order valence-corrected chi connectivity index (χ0v) is 13.7. The number of hydrogen-bond acceptors (Lipinski definition) is 0. The normalized spacial score (nSPS) is 11.5. The summed E-state index contributed by atoms with van der Waals surface area (Å²) in [6.07, 6.45) is 0. The molecule has 0 fully saturated rings. The Hall–Kier alpha value is -2.77. The molecule has 5 rings (SSSR count). The van der Waals surface area contributed by atoms with Gasteiger partial charge < -0.3 is 4.57 Å². The molecule has 1 heterocycles. The Kier molecular flexibility index (Phi) is 2.91. The lowest BCUT2D eigenvalue weighted by Gasteiger charge is -2.09. The van der Waals surface area contributed by atoms with Gasteiger partial charge in [0.25, 0.3) is 0 Å². The Morgan fingerprint density at radius 1 is 0.583 bits per heavy atom. The smallest absolute Gasteiger partial charge is 0.0542 e. The molecule has 114 valence electrons. The average Bonchev–Trinajstić information content (AvgIpc) is 2.95. The van der Waals surface area contributed by atoms with E-state index in [-0.39, 0.29) is 0 Å². The first-order valence-corrected chi connectivity index (χ1v) is 8.37. The summed E-state index contributed by atoms with van der Waals surface area (Å²) in [6.45, 7) is 0. The van der Waals surface area contributed by atoms with Crippen LogP contribution in [0.1, 0.15) is 0 Å². The zero-order valence-electron chi connectivity index (χ0n) is 12.9. The van der Waals surface area contributed by atoms with Crippen molar-refractivity contribution in [3.63, 3.8) is 0 Å². The van der Waals surface area contributed by atoms with Gasteiger partial charge in [0.15, 0.2) is 0 Å². The van der Waals surface area contributed by atoms with Crippen LogP contribution in [0.4, 0.5) is 0 Å². The molecule has 0 saturated carbocycles. The minimum atomic E-state index is 0.768. The van der Waals surface area contributed by atoms with Crippen molar-refractivity contribution in [3.05, 3.63) is 90.0 Å². The Morgan fingerprint density at radius 3 is 2.25 bits per heavy atom. The lowest BCUT2D eigenvalue weighted by Crippen LogP contribution is -1.93. The number of rotatable bonds is 1. The van der Waals surface area contributed by atoms with Gasteiger partial charge in [0, 0.05) is 21.5 Å². The van der Waals surface area contributed by atoms with Gasteiger partial charge in [-0.1, -0.05) is 60.1 Å². The molecule has 0 radical (unpaired) electrons. The van der Waals surface area contributed by atoms with Crippen molar-refractivity contribution >= 4 is 44.2 Å². The van der Waals surface area contributed by atoms with Gasteiger partial charge in [-0.3, -0.25) is 0 Å². The molecule has 0 bridgehead atoms. The number of halogens is 1. The average molecular weight is 328 g/mol. The molecule has 0 spiro atoms. The second kappa shape index (κ2) is 5.12. The highest BCUT2D eigenvalue weighted by atomic mass is 35.5. The molecular weight excluding hydrogens is 314 g/mol. The standard InChI is InChI=1S/C22H14ClN/c23-17-10-12-22-20(14-17)19-7-3-4-8-21(19)24(22)18-11-9-15-5-1-2-6-16(15)13-18/h1-14H.